The molecule has 1 fully saturated rings. The Labute approximate surface area is 157 Å². The van der Waals surface area contributed by atoms with Crippen molar-refractivity contribution in [2.45, 2.75) is 32.7 Å². The van der Waals surface area contributed by atoms with Crippen LogP contribution < -0.4 is 10.1 Å². The van der Waals surface area contributed by atoms with Gasteiger partial charge in [-0.25, -0.2) is 4.79 Å². The first-order valence-electron chi connectivity index (χ1n) is 8.48. The lowest BCUT2D eigenvalue weighted by Gasteiger charge is -2.26. The Morgan fingerprint density at radius 1 is 1.20 bits per heavy atom. The quantitative estimate of drug-likeness (QED) is 0.741. The molecule has 2 aromatic rings. The molecule has 1 N–H and O–H groups in total. The number of carbonyl (C=O) groups is 1. The highest BCUT2D eigenvalue weighted by Gasteiger charge is 2.30. The minimum Gasteiger partial charge on any atom is -0.497 e. The van der Waals surface area contributed by atoms with Crippen LogP contribution in [0.4, 0.5) is 10.5 Å². The summed E-state index contributed by atoms with van der Waals surface area (Å²) in [5, 5.41) is 3.11. The van der Waals surface area contributed by atoms with Gasteiger partial charge >= 0.3 is 6.03 Å². The largest absolute Gasteiger partial charge is 0.497 e. The lowest BCUT2D eigenvalue weighted by molar-refractivity contribution is 0.207. The van der Waals surface area contributed by atoms with E-state index >= 15 is 0 Å². The van der Waals surface area contributed by atoms with E-state index < -0.39 is 0 Å². The number of aryl methyl sites for hydroxylation is 2. The van der Waals surface area contributed by atoms with Crippen LogP contribution in [-0.4, -0.2) is 24.6 Å². The number of nitrogens with one attached hydrogen (secondary N) is 1. The fourth-order valence-corrected chi connectivity index (χ4v) is 4.16. The number of urea groups is 1. The van der Waals surface area contributed by atoms with Crippen LogP contribution in [0, 0.1) is 13.8 Å². The lowest BCUT2D eigenvalue weighted by atomic mass is 10.0. The van der Waals surface area contributed by atoms with Crippen LogP contribution in [0.25, 0.3) is 0 Å². The highest BCUT2D eigenvalue weighted by molar-refractivity contribution is 9.10. The number of anilines is 1. The number of hydrogen-bond acceptors (Lipinski definition) is 2. The number of nitrogens with zero attached hydrogens (tertiary/aromatic N) is 1. The van der Waals surface area contributed by atoms with Gasteiger partial charge in [0.2, 0.25) is 0 Å². The third-order valence-corrected chi connectivity index (χ3v) is 5.20. The summed E-state index contributed by atoms with van der Waals surface area (Å²) in [4.78, 5) is 14.8. The van der Waals surface area contributed by atoms with Gasteiger partial charge in [-0.2, -0.15) is 0 Å². The van der Waals surface area contributed by atoms with E-state index in [1.54, 1.807) is 7.11 Å². The smallest absolute Gasteiger partial charge is 0.322 e. The molecular formula is C20H23BrN2O2. The number of benzene rings is 2. The summed E-state index contributed by atoms with van der Waals surface area (Å²) in [6, 6.07) is 12.1. The molecule has 0 unspecified atom stereocenters. The highest BCUT2D eigenvalue weighted by atomic mass is 79.9. The first-order chi connectivity index (χ1) is 12.0. The number of hydrogen-bond donors (Lipinski definition) is 1. The summed E-state index contributed by atoms with van der Waals surface area (Å²) in [6.45, 7) is 4.80. The predicted octanol–water partition coefficient (Wildman–Crippen LogP) is 5.44. The Kier molecular flexibility index (Phi) is 5.33. The number of rotatable bonds is 3. The van der Waals surface area contributed by atoms with Crippen molar-refractivity contribution >= 4 is 27.6 Å². The monoisotopic (exact) mass is 402 g/mol. The summed E-state index contributed by atoms with van der Waals surface area (Å²) in [7, 11) is 1.66. The number of carbonyl (C=O) groups excluding carboxylic acids is 1. The molecule has 1 aliphatic heterocycles. The van der Waals surface area contributed by atoms with Gasteiger partial charge in [-0.15, -0.1) is 0 Å². The molecule has 0 radical (unpaired) electrons. The Hall–Kier alpha value is -2.01. The van der Waals surface area contributed by atoms with Gasteiger partial charge in [0.05, 0.1) is 13.2 Å². The molecule has 132 valence electrons. The average Bonchev–Trinajstić information content (AvgIpc) is 3.07. The van der Waals surface area contributed by atoms with Gasteiger partial charge in [0, 0.05) is 16.7 Å². The van der Waals surface area contributed by atoms with Crippen molar-refractivity contribution in [1.29, 1.82) is 0 Å². The third kappa shape index (κ3) is 3.82. The van der Waals surface area contributed by atoms with Gasteiger partial charge in [0.25, 0.3) is 0 Å². The topological polar surface area (TPSA) is 41.6 Å². The van der Waals surface area contributed by atoms with Crippen molar-refractivity contribution in [3.63, 3.8) is 0 Å². The van der Waals surface area contributed by atoms with Crippen LogP contribution in [0.3, 0.4) is 0 Å². The molecule has 5 heteroatoms. The van der Waals surface area contributed by atoms with E-state index in [1.807, 2.05) is 55.1 Å². The van der Waals surface area contributed by atoms with Crippen molar-refractivity contribution < 1.29 is 9.53 Å². The predicted molar refractivity (Wildman–Crippen MR) is 104 cm³/mol. The molecule has 2 aromatic carbocycles. The summed E-state index contributed by atoms with van der Waals surface area (Å²) in [5.74, 6) is 0.832. The Morgan fingerprint density at radius 2 is 1.84 bits per heavy atom. The van der Waals surface area contributed by atoms with Gasteiger partial charge in [-0.05, 0) is 67.6 Å². The van der Waals surface area contributed by atoms with Crippen LogP contribution >= 0.6 is 15.9 Å². The van der Waals surface area contributed by atoms with E-state index in [4.69, 9.17) is 4.74 Å². The maximum atomic E-state index is 12.9. The molecule has 0 spiro atoms. The second-order valence-corrected chi connectivity index (χ2v) is 7.38. The summed E-state index contributed by atoms with van der Waals surface area (Å²) in [6.07, 6.45) is 2.00. The van der Waals surface area contributed by atoms with E-state index in [9.17, 15) is 4.79 Å². The zero-order valence-corrected chi connectivity index (χ0v) is 16.4. The summed E-state index contributed by atoms with van der Waals surface area (Å²) >= 11 is 3.50. The van der Waals surface area contributed by atoms with Gasteiger partial charge in [0.1, 0.15) is 5.75 Å². The molecule has 1 aliphatic rings. The standard InChI is InChI=1S/C20H23BrN2O2/c1-13-11-16(21)12-14(2)19(13)22-20(24)23-10-4-5-18(23)15-6-8-17(25-3)9-7-15/h6-9,11-12,18H,4-5,10H2,1-3H3,(H,22,24)/t18-/m1/s1. The molecule has 1 saturated heterocycles. The molecule has 3 rings (SSSR count). The molecule has 1 atom stereocenters. The van der Waals surface area contributed by atoms with Crippen molar-refractivity contribution in [3.8, 4) is 5.75 Å². The molecular weight excluding hydrogens is 380 g/mol. The van der Waals surface area contributed by atoms with Crippen LogP contribution in [0.2, 0.25) is 0 Å². The molecule has 0 aromatic heterocycles. The van der Waals surface area contributed by atoms with Crippen LogP contribution in [0.5, 0.6) is 5.75 Å². The van der Waals surface area contributed by atoms with E-state index in [2.05, 4.69) is 21.2 Å². The van der Waals surface area contributed by atoms with Gasteiger partial charge in [-0.3, -0.25) is 0 Å². The number of ether oxygens (including phenoxy) is 1. The van der Waals surface area contributed by atoms with E-state index in [-0.39, 0.29) is 12.1 Å². The third-order valence-electron chi connectivity index (χ3n) is 4.74. The zero-order chi connectivity index (χ0) is 18.0. The number of amides is 2. The van der Waals surface area contributed by atoms with Crippen LogP contribution in [-0.2, 0) is 0 Å². The van der Waals surface area contributed by atoms with E-state index in [0.29, 0.717) is 0 Å². The zero-order valence-electron chi connectivity index (χ0n) is 14.8. The molecule has 1 heterocycles. The number of likely N-dealkylation sites (tertiary alicyclic amines) is 1. The normalized spacial score (nSPS) is 16.8. The van der Waals surface area contributed by atoms with E-state index in [1.165, 1.54) is 0 Å². The van der Waals surface area contributed by atoms with Crippen LogP contribution in [0.1, 0.15) is 35.6 Å². The SMILES string of the molecule is COc1ccc([C@H]2CCCN2C(=O)Nc2c(C)cc(Br)cc2C)cc1. The average molecular weight is 403 g/mol. The molecule has 4 nitrogen and oxygen atoms in total. The minimum atomic E-state index is -0.0353. The van der Waals surface area contributed by atoms with Gasteiger partial charge in [0.15, 0.2) is 0 Å². The second kappa shape index (κ2) is 7.48. The van der Waals surface area contributed by atoms with Crippen molar-refractivity contribution in [2.75, 3.05) is 19.0 Å². The Morgan fingerprint density at radius 3 is 2.44 bits per heavy atom. The van der Waals surface area contributed by atoms with E-state index in [0.717, 1.165) is 52.0 Å². The Bertz CT molecular complexity index is 751. The first kappa shape index (κ1) is 17.8. The van der Waals surface area contributed by atoms with Crippen molar-refractivity contribution in [3.05, 3.63) is 57.6 Å². The van der Waals surface area contributed by atoms with Crippen LogP contribution in [0.15, 0.2) is 40.9 Å². The first-order valence-corrected chi connectivity index (χ1v) is 9.27. The summed E-state index contributed by atoms with van der Waals surface area (Å²) in [5.41, 5.74) is 4.16. The fourth-order valence-electron chi connectivity index (χ4n) is 3.47. The number of halogens is 1. The maximum Gasteiger partial charge on any atom is 0.322 e. The van der Waals surface area contributed by atoms with Gasteiger partial charge in [-0.1, -0.05) is 28.1 Å². The second-order valence-electron chi connectivity index (χ2n) is 6.47. The van der Waals surface area contributed by atoms with Crippen molar-refractivity contribution in [1.82, 2.24) is 4.90 Å². The Balaban J connectivity index is 1.79. The number of methoxy groups -OCH3 is 1. The molecule has 0 bridgehead atoms. The molecule has 0 aliphatic carbocycles. The summed E-state index contributed by atoms with van der Waals surface area (Å²) < 4.78 is 6.25. The molecule has 25 heavy (non-hydrogen) atoms. The highest BCUT2D eigenvalue weighted by Crippen LogP contribution is 2.34. The fraction of sp³-hybridized carbons (Fsp3) is 0.350. The van der Waals surface area contributed by atoms with Gasteiger partial charge < -0.3 is 15.0 Å². The molecule has 0 saturated carbocycles. The molecule has 2 amide bonds. The minimum absolute atomic E-state index is 0.0353. The lowest BCUT2D eigenvalue weighted by Crippen LogP contribution is -2.34. The van der Waals surface area contributed by atoms with Crippen molar-refractivity contribution in [2.24, 2.45) is 0 Å². The maximum absolute atomic E-state index is 12.9.